The molecule has 310 valence electrons. The van der Waals surface area contributed by atoms with Gasteiger partial charge in [0.2, 0.25) is 5.91 Å². The predicted octanol–water partition coefficient (Wildman–Crippen LogP) is 1.71. The van der Waals surface area contributed by atoms with Gasteiger partial charge < -0.3 is 33.8 Å². The minimum atomic E-state index is -5.60. The average molecular weight is 852 g/mol. The number of aliphatic hydroxyl groups excluding tert-OH is 1. The van der Waals surface area contributed by atoms with Crippen LogP contribution >= 0.6 is 15.6 Å². The molecule has 1 aromatic heterocycles. The second-order valence-electron chi connectivity index (χ2n) is 12.6. The lowest BCUT2D eigenvalue weighted by Crippen LogP contribution is -2.40. The summed E-state index contributed by atoms with van der Waals surface area (Å²) in [5.74, 6) is -1.10. The zero-order valence-corrected chi connectivity index (χ0v) is 31.5. The average Bonchev–Trinajstić information content (AvgIpc) is 3.69. The summed E-state index contributed by atoms with van der Waals surface area (Å²) in [6.07, 6.45) is -10.1. The van der Waals surface area contributed by atoms with Crippen molar-refractivity contribution in [2.45, 2.75) is 55.8 Å². The van der Waals surface area contributed by atoms with Gasteiger partial charge in [-0.3, -0.25) is 48.5 Å². The Hall–Kier alpha value is -5.32. The molecule has 0 aliphatic carbocycles. The molecule has 2 fully saturated rings. The molecule has 3 aliphatic heterocycles. The summed E-state index contributed by atoms with van der Waals surface area (Å²) in [5.41, 5.74) is -1.16. The number of phosphoric acid groups is 2. The van der Waals surface area contributed by atoms with Crippen molar-refractivity contribution in [2.24, 2.45) is 0 Å². The highest BCUT2D eigenvalue weighted by Crippen LogP contribution is 2.61. The molecule has 23 nitrogen and oxygen atoms in total. The number of nitrogens with one attached hydrogen (secondary N) is 3. The number of allylic oxidation sites excluding steroid dienone is 1. The van der Waals surface area contributed by atoms with Gasteiger partial charge in [-0.15, -0.1) is 0 Å². The van der Waals surface area contributed by atoms with E-state index in [1.54, 1.807) is 48.5 Å². The maximum absolute atomic E-state index is 13.0. The first-order valence-corrected chi connectivity index (χ1v) is 20.1. The van der Waals surface area contributed by atoms with Gasteiger partial charge in [-0.2, -0.15) is 4.31 Å². The molecule has 3 amide bonds. The van der Waals surface area contributed by atoms with E-state index >= 15 is 0 Å². The molecular formula is C33H35N5O18P2. The largest absolute Gasteiger partial charge is 0.481 e. The minimum Gasteiger partial charge on any atom is -0.443 e. The van der Waals surface area contributed by atoms with E-state index in [-0.39, 0.29) is 12.1 Å². The zero-order chi connectivity index (χ0) is 41.6. The minimum absolute atomic E-state index is 0.190. The SMILES string of the molecule is O=C1C=CN([C@H]2C[C@H](OC(=O)Nc3ccccc3)[C@@H](COP(=O)(O)OP(=O)(O)OC[C@H]3O[C@@H](n4ccc(=O)[nH]c4=O)[C@H](O)[C@@H]3OC(=O)Nc3ccccc3)O2)C(=O)C1. The van der Waals surface area contributed by atoms with Crippen molar-refractivity contribution in [3.05, 3.63) is 106 Å². The van der Waals surface area contributed by atoms with Crippen LogP contribution in [0.15, 0.2) is 94.8 Å². The van der Waals surface area contributed by atoms with Crippen LogP contribution in [0.1, 0.15) is 19.1 Å². The molecule has 6 N–H and O–H groups in total. The molecule has 0 saturated carbocycles. The first-order chi connectivity index (χ1) is 27.6. The molecule has 0 bridgehead atoms. The highest BCUT2D eigenvalue weighted by Gasteiger charge is 2.50. The number of ketones is 1. The lowest BCUT2D eigenvalue weighted by atomic mass is 10.1. The topological polar surface area (TPSA) is 310 Å². The van der Waals surface area contributed by atoms with E-state index in [0.29, 0.717) is 5.69 Å². The van der Waals surface area contributed by atoms with Crippen LogP contribution in [0.25, 0.3) is 0 Å². The van der Waals surface area contributed by atoms with Gasteiger partial charge in [0.1, 0.15) is 30.6 Å². The number of carbonyl (C=O) groups excluding carboxylic acids is 4. The first-order valence-electron chi connectivity index (χ1n) is 17.1. The number of rotatable bonds is 14. The Morgan fingerprint density at radius 1 is 0.828 bits per heavy atom. The quantitative estimate of drug-likeness (QED) is 0.0993. The van der Waals surface area contributed by atoms with Crippen molar-refractivity contribution < 1.29 is 75.5 Å². The molecule has 4 heterocycles. The van der Waals surface area contributed by atoms with Crippen LogP contribution < -0.4 is 21.9 Å². The first kappa shape index (κ1) is 42.3. The monoisotopic (exact) mass is 851 g/mol. The van der Waals surface area contributed by atoms with E-state index in [1.807, 2.05) is 4.98 Å². The molecule has 3 aromatic rings. The summed E-state index contributed by atoms with van der Waals surface area (Å²) in [7, 11) is -11.2. The van der Waals surface area contributed by atoms with E-state index < -0.39 is 113 Å². The third-order valence-corrected chi connectivity index (χ3v) is 11.1. The Balaban J connectivity index is 1.10. The van der Waals surface area contributed by atoms with Gasteiger partial charge in [-0.25, -0.2) is 23.5 Å². The van der Waals surface area contributed by atoms with Crippen molar-refractivity contribution in [1.29, 1.82) is 0 Å². The molecule has 2 aromatic carbocycles. The molecule has 0 radical (unpaired) electrons. The molecule has 2 unspecified atom stereocenters. The van der Waals surface area contributed by atoms with Crippen molar-refractivity contribution in [2.75, 3.05) is 23.8 Å². The summed E-state index contributed by atoms with van der Waals surface area (Å²) in [4.78, 5) is 97.7. The van der Waals surface area contributed by atoms with Gasteiger partial charge in [-0.05, 0) is 30.3 Å². The van der Waals surface area contributed by atoms with Crippen molar-refractivity contribution >= 4 is 50.9 Å². The molecule has 3 aliphatic rings. The molecular weight excluding hydrogens is 816 g/mol. The van der Waals surface area contributed by atoms with Crippen LogP contribution in [0.2, 0.25) is 0 Å². The van der Waals surface area contributed by atoms with Crippen LogP contribution in [0.4, 0.5) is 21.0 Å². The van der Waals surface area contributed by atoms with Crippen molar-refractivity contribution in [3.63, 3.8) is 0 Å². The van der Waals surface area contributed by atoms with Crippen molar-refractivity contribution in [1.82, 2.24) is 14.5 Å². The number of ether oxygens (including phenoxy) is 4. The molecule has 25 heteroatoms. The van der Waals surface area contributed by atoms with E-state index in [4.69, 9.17) is 28.0 Å². The maximum Gasteiger partial charge on any atom is 0.481 e. The number of nitrogens with zero attached hydrogens (tertiary/aromatic N) is 2. The van der Waals surface area contributed by atoms with Gasteiger partial charge in [0.15, 0.2) is 18.1 Å². The second-order valence-corrected chi connectivity index (χ2v) is 15.6. The third kappa shape index (κ3) is 11.0. The second kappa shape index (κ2) is 18.1. The van der Waals surface area contributed by atoms with E-state index in [2.05, 4.69) is 14.9 Å². The summed E-state index contributed by atoms with van der Waals surface area (Å²) < 4.78 is 63.1. The third-order valence-electron chi connectivity index (χ3n) is 8.51. The highest BCUT2D eigenvalue weighted by molar-refractivity contribution is 7.61. The van der Waals surface area contributed by atoms with E-state index in [1.165, 1.54) is 18.3 Å². The van der Waals surface area contributed by atoms with Crippen LogP contribution in [0.5, 0.6) is 0 Å². The van der Waals surface area contributed by atoms with Gasteiger partial charge in [-0.1, -0.05) is 36.4 Å². The van der Waals surface area contributed by atoms with Crippen LogP contribution in [-0.4, -0.2) is 103 Å². The predicted molar refractivity (Wildman–Crippen MR) is 193 cm³/mol. The summed E-state index contributed by atoms with van der Waals surface area (Å²) in [6, 6.07) is 17.0. The van der Waals surface area contributed by atoms with E-state index in [9.17, 15) is 52.8 Å². The molecule has 9 atom stereocenters. The van der Waals surface area contributed by atoms with E-state index in [0.717, 1.165) is 27.8 Å². The zero-order valence-electron chi connectivity index (χ0n) is 29.7. The molecule has 2 saturated heterocycles. The van der Waals surface area contributed by atoms with Gasteiger partial charge >= 0.3 is 33.5 Å². The lowest BCUT2D eigenvalue weighted by molar-refractivity contribution is -0.144. The van der Waals surface area contributed by atoms with Crippen LogP contribution in [0.3, 0.4) is 0 Å². The number of para-hydroxylation sites is 2. The summed E-state index contributed by atoms with van der Waals surface area (Å²) >= 11 is 0. The van der Waals surface area contributed by atoms with Gasteiger partial charge in [0.05, 0.1) is 19.6 Å². The Kier molecular flexibility index (Phi) is 13.2. The number of carbonyl (C=O) groups is 4. The number of hydrogen-bond acceptors (Lipinski definition) is 16. The number of aliphatic hydroxyl groups is 1. The Morgan fingerprint density at radius 2 is 1.41 bits per heavy atom. The van der Waals surface area contributed by atoms with Crippen LogP contribution in [-0.2, 0) is 51.0 Å². The fraction of sp³-hybridized carbons (Fsp3) is 0.333. The van der Waals surface area contributed by atoms with Crippen LogP contribution in [0, 0.1) is 0 Å². The van der Waals surface area contributed by atoms with Crippen molar-refractivity contribution in [3.8, 4) is 0 Å². The smallest absolute Gasteiger partial charge is 0.443 e. The van der Waals surface area contributed by atoms with Gasteiger partial charge in [0, 0.05) is 36.3 Å². The number of benzene rings is 2. The lowest BCUT2D eigenvalue weighted by Gasteiger charge is -2.27. The number of anilines is 2. The molecule has 58 heavy (non-hydrogen) atoms. The Morgan fingerprint density at radius 3 is 2.00 bits per heavy atom. The summed E-state index contributed by atoms with van der Waals surface area (Å²) in [5, 5.41) is 15.9. The maximum atomic E-state index is 13.0. The fourth-order valence-electron chi connectivity index (χ4n) is 5.92. The van der Waals surface area contributed by atoms with Gasteiger partial charge in [0.25, 0.3) is 5.56 Å². The summed E-state index contributed by atoms with van der Waals surface area (Å²) in [6.45, 7) is -1.99. The molecule has 0 spiro atoms. The number of hydrogen-bond donors (Lipinski definition) is 6. The Bertz CT molecular complexity index is 2240. The standard InChI is InChI=1S/C33H35N5O18P2/c39-21-11-13-37(26(41)15-21)27-16-22(54-32(44)34-19-7-3-1-4-8-19)23(52-27)17-50-57(46,47)56-58(48,49)51-18-24-29(55-33(45)35-20-9-5-2-6-10-20)28(42)30(53-24)38-14-12-25(40)36-31(38)43/h1-14,22-24,27-30,42H,15-18H2,(H,34,44)(H,35,45)(H,46,47)(H,48,49)(H,36,40,43)/t22-,23+,24+,27+,28+,29+,30+/m0/s1. The number of aromatic amines is 1. The molecule has 6 rings (SSSR count). The Labute approximate surface area is 326 Å². The fourth-order valence-corrected chi connectivity index (χ4v) is 8.01. The number of aromatic nitrogens is 2. The number of H-pyrrole nitrogens is 1. The normalized spacial score (nSPS) is 26.4. The highest BCUT2D eigenvalue weighted by atomic mass is 31.3. The number of amides is 3. The number of phosphoric ester groups is 2.